The van der Waals surface area contributed by atoms with Crippen molar-refractivity contribution >= 4 is 0 Å². The molecule has 1 aromatic rings. The topological polar surface area (TPSA) is 38.0 Å². The van der Waals surface area contributed by atoms with Crippen molar-refractivity contribution in [2.75, 3.05) is 6.61 Å². The van der Waals surface area contributed by atoms with Crippen LogP contribution < -0.4 is 0 Å². The molecule has 1 aromatic heterocycles. The molecule has 0 aliphatic carbocycles. The van der Waals surface area contributed by atoms with E-state index in [4.69, 9.17) is 5.11 Å². The van der Waals surface area contributed by atoms with Gasteiger partial charge < -0.3 is 5.11 Å². The number of aliphatic hydroxyl groups excluding tert-OH is 1. The third-order valence-corrected chi connectivity index (χ3v) is 2.54. The van der Waals surface area contributed by atoms with Crippen LogP contribution in [0.25, 0.3) is 0 Å². The summed E-state index contributed by atoms with van der Waals surface area (Å²) in [5.41, 5.74) is 3.55. The molecule has 1 heterocycles. The molecule has 13 heavy (non-hydrogen) atoms. The Morgan fingerprint density at radius 2 is 2.00 bits per heavy atom. The molecule has 0 fully saturated rings. The lowest BCUT2D eigenvalue weighted by atomic mass is 10.2. The fourth-order valence-electron chi connectivity index (χ4n) is 1.32. The van der Waals surface area contributed by atoms with Crippen LogP contribution in [0, 0.1) is 26.7 Å². The molecule has 0 saturated carbocycles. The Hall–Kier alpha value is -0.830. The molecule has 0 aliphatic heterocycles. The van der Waals surface area contributed by atoms with Crippen molar-refractivity contribution in [3.05, 3.63) is 17.0 Å². The van der Waals surface area contributed by atoms with Crippen LogP contribution in [0.2, 0.25) is 0 Å². The van der Waals surface area contributed by atoms with Gasteiger partial charge in [0.05, 0.1) is 5.69 Å². The number of hydrogen-bond acceptors (Lipinski definition) is 2. The number of nitrogens with zero attached hydrogens (tertiary/aromatic N) is 2. The SMILES string of the molecule is Cc1nn(CC(C)CO)c(C)c1C. The molecule has 0 spiro atoms. The average Bonchev–Trinajstić information content (AvgIpc) is 2.34. The molecule has 1 rings (SSSR count). The van der Waals surface area contributed by atoms with E-state index in [1.165, 1.54) is 11.3 Å². The van der Waals surface area contributed by atoms with Crippen molar-refractivity contribution in [3.8, 4) is 0 Å². The van der Waals surface area contributed by atoms with Crippen molar-refractivity contribution in [1.82, 2.24) is 9.78 Å². The van der Waals surface area contributed by atoms with Gasteiger partial charge in [-0.15, -0.1) is 0 Å². The number of aliphatic hydroxyl groups is 1. The molecule has 0 saturated heterocycles. The first-order valence-electron chi connectivity index (χ1n) is 4.67. The van der Waals surface area contributed by atoms with Crippen LogP contribution in [-0.2, 0) is 6.54 Å². The average molecular weight is 182 g/mol. The molecule has 0 bridgehead atoms. The van der Waals surface area contributed by atoms with Gasteiger partial charge in [0.25, 0.3) is 0 Å². The van der Waals surface area contributed by atoms with Gasteiger partial charge in [-0.2, -0.15) is 5.10 Å². The maximum atomic E-state index is 8.92. The molecule has 74 valence electrons. The van der Waals surface area contributed by atoms with E-state index in [0.717, 1.165) is 12.2 Å². The largest absolute Gasteiger partial charge is 0.396 e. The molecule has 0 aromatic carbocycles. The third kappa shape index (κ3) is 2.10. The lowest BCUT2D eigenvalue weighted by Gasteiger charge is -2.09. The van der Waals surface area contributed by atoms with Crippen molar-refractivity contribution in [2.24, 2.45) is 5.92 Å². The molecule has 1 N–H and O–H groups in total. The van der Waals surface area contributed by atoms with Gasteiger partial charge in [-0.05, 0) is 32.3 Å². The number of aryl methyl sites for hydroxylation is 1. The van der Waals surface area contributed by atoms with Crippen LogP contribution in [-0.4, -0.2) is 21.5 Å². The quantitative estimate of drug-likeness (QED) is 0.768. The van der Waals surface area contributed by atoms with Gasteiger partial charge in [-0.1, -0.05) is 6.92 Å². The van der Waals surface area contributed by atoms with Crippen LogP contribution in [0.1, 0.15) is 23.9 Å². The second kappa shape index (κ2) is 3.92. The highest BCUT2D eigenvalue weighted by Crippen LogP contribution is 2.12. The van der Waals surface area contributed by atoms with Crippen LogP contribution >= 0.6 is 0 Å². The van der Waals surface area contributed by atoms with Gasteiger partial charge in [-0.25, -0.2) is 0 Å². The molecule has 3 nitrogen and oxygen atoms in total. The Morgan fingerprint density at radius 1 is 1.38 bits per heavy atom. The molecule has 0 amide bonds. The number of hydrogen-bond donors (Lipinski definition) is 1. The van der Waals surface area contributed by atoms with Gasteiger partial charge in [0.15, 0.2) is 0 Å². The van der Waals surface area contributed by atoms with Gasteiger partial charge in [0.2, 0.25) is 0 Å². The Balaban J connectivity index is 2.83. The molecule has 0 aliphatic rings. The highest BCUT2D eigenvalue weighted by molar-refractivity contribution is 5.22. The molecule has 1 unspecified atom stereocenters. The van der Waals surface area contributed by atoms with E-state index in [1.807, 2.05) is 18.5 Å². The minimum atomic E-state index is 0.220. The van der Waals surface area contributed by atoms with E-state index in [-0.39, 0.29) is 12.5 Å². The van der Waals surface area contributed by atoms with Gasteiger partial charge in [0.1, 0.15) is 0 Å². The summed E-state index contributed by atoms with van der Waals surface area (Å²) in [5.74, 6) is 0.275. The highest BCUT2D eigenvalue weighted by Gasteiger charge is 2.09. The zero-order valence-electron chi connectivity index (χ0n) is 8.83. The van der Waals surface area contributed by atoms with Crippen LogP contribution in [0.15, 0.2) is 0 Å². The zero-order valence-corrected chi connectivity index (χ0v) is 8.83. The summed E-state index contributed by atoms with van der Waals surface area (Å²) in [6.45, 7) is 9.21. The molecule has 3 heteroatoms. The first kappa shape index (κ1) is 10.3. The first-order valence-corrected chi connectivity index (χ1v) is 4.67. The Morgan fingerprint density at radius 3 is 2.38 bits per heavy atom. The first-order chi connectivity index (χ1) is 6.06. The Bertz CT molecular complexity index is 291. The van der Waals surface area contributed by atoms with Crippen molar-refractivity contribution in [2.45, 2.75) is 34.2 Å². The lowest BCUT2D eigenvalue weighted by Crippen LogP contribution is -2.13. The number of aromatic nitrogens is 2. The molecule has 1 atom stereocenters. The monoisotopic (exact) mass is 182 g/mol. The Labute approximate surface area is 79.4 Å². The minimum absolute atomic E-state index is 0.220. The summed E-state index contributed by atoms with van der Waals surface area (Å²) in [6, 6.07) is 0. The standard InChI is InChI=1S/C10H18N2O/c1-7(6-13)5-12-10(4)8(2)9(3)11-12/h7,13H,5-6H2,1-4H3. The predicted molar refractivity (Wildman–Crippen MR) is 52.7 cm³/mol. The van der Waals surface area contributed by atoms with Crippen LogP contribution in [0.4, 0.5) is 0 Å². The van der Waals surface area contributed by atoms with Gasteiger partial charge >= 0.3 is 0 Å². The smallest absolute Gasteiger partial charge is 0.0625 e. The van der Waals surface area contributed by atoms with E-state index in [2.05, 4.69) is 18.9 Å². The van der Waals surface area contributed by atoms with E-state index < -0.39 is 0 Å². The Kier molecular flexibility index (Phi) is 3.09. The highest BCUT2D eigenvalue weighted by atomic mass is 16.3. The maximum absolute atomic E-state index is 8.92. The molecular weight excluding hydrogens is 164 g/mol. The second-order valence-corrected chi connectivity index (χ2v) is 3.77. The van der Waals surface area contributed by atoms with Gasteiger partial charge in [-0.3, -0.25) is 4.68 Å². The van der Waals surface area contributed by atoms with Crippen molar-refractivity contribution in [3.63, 3.8) is 0 Å². The van der Waals surface area contributed by atoms with E-state index in [1.54, 1.807) is 0 Å². The van der Waals surface area contributed by atoms with Crippen LogP contribution in [0.5, 0.6) is 0 Å². The third-order valence-electron chi connectivity index (χ3n) is 2.54. The summed E-state index contributed by atoms with van der Waals surface area (Å²) < 4.78 is 1.98. The second-order valence-electron chi connectivity index (χ2n) is 3.77. The van der Waals surface area contributed by atoms with Crippen molar-refractivity contribution < 1.29 is 5.11 Å². The molecule has 0 radical (unpaired) electrons. The fourth-order valence-corrected chi connectivity index (χ4v) is 1.32. The van der Waals surface area contributed by atoms with E-state index >= 15 is 0 Å². The lowest BCUT2D eigenvalue weighted by molar-refractivity contribution is 0.218. The predicted octanol–water partition coefficient (Wildman–Crippen LogP) is 1.44. The summed E-state index contributed by atoms with van der Waals surface area (Å²) >= 11 is 0. The number of rotatable bonds is 3. The van der Waals surface area contributed by atoms with Crippen LogP contribution in [0.3, 0.4) is 0 Å². The normalized spacial score (nSPS) is 13.3. The summed E-state index contributed by atoms with van der Waals surface area (Å²) in [6.07, 6.45) is 0. The summed E-state index contributed by atoms with van der Waals surface area (Å²) in [4.78, 5) is 0. The van der Waals surface area contributed by atoms with E-state index in [0.29, 0.717) is 0 Å². The summed E-state index contributed by atoms with van der Waals surface area (Å²) in [7, 11) is 0. The zero-order chi connectivity index (χ0) is 10.0. The van der Waals surface area contributed by atoms with Crippen molar-refractivity contribution in [1.29, 1.82) is 0 Å². The van der Waals surface area contributed by atoms with Gasteiger partial charge in [0, 0.05) is 18.8 Å². The summed E-state index contributed by atoms with van der Waals surface area (Å²) in [5, 5.41) is 13.3. The fraction of sp³-hybridized carbons (Fsp3) is 0.700. The molecular formula is C10H18N2O. The maximum Gasteiger partial charge on any atom is 0.0625 e. The minimum Gasteiger partial charge on any atom is -0.396 e. The van der Waals surface area contributed by atoms with E-state index in [9.17, 15) is 0 Å².